The highest BCUT2D eigenvalue weighted by atomic mass is 32.1. The highest BCUT2D eigenvalue weighted by Gasteiger charge is 2.14. The van der Waals surface area contributed by atoms with Crippen LogP contribution in [0, 0.1) is 24.7 Å². The van der Waals surface area contributed by atoms with Crippen molar-refractivity contribution < 1.29 is 24.1 Å². The first-order valence-corrected chi connectivity index (χ1v) is 13.1. The third-order valence-electron chi connectivity index (χ3n) is 6.04. The monoisotopic (exact) mass is 531 g/mol. The van der Waals surface area contributed by atoms with Gasteiger partial charge in [-0.1, -0.05) is 35.8 Å². The number of benzene rings is 2. The van der Waals surface area contributed by atoms with Crippen molar-refractivity contribution in [3.05, 3.63) is 76.5 Å². The minimum absolute atomic E-state index is 0.0562. The molecule has 0 aliphatic rings. The summed E-state index contributed by atoms with van der Waals surface area (Å²) in [6.07, 6.45) is 3.42. The van der Waals surface area contributed by atoms with Gasteiger partial charge < -0.3 is 19.3 Å². The Hall–Kier alpha value is -3.86. The smallest absolute Gasteiger partial charge is 0.304 e. The van der Waals surface area contributed by atoms with Crippen molar-refractivity contribution in [1.29, 1.82) is 0 Å². The number of aliphatic carboxylic acids is 1. The van der Waals surface area contributed by atoms with Crippen LogP contribution in [0.3, 0.4) is 0 Å². The average Bonchev–Trinajstić information content (AvgIpc) is 3.32. The summed E-state index contributed by atoms with van der Waals surface area (Å²) in [4.78, 5) is 15.1. The van der Waals surface area contributed by atoms with Gasteiger partial charge in [-0.25, -0.2) is 4.99 Å². The number of nitrogens with zero attached hydrogens (tertiary/aromatic N) is 1. The number of rotatable bonds is 13. The minimum Gasteiger partial charge on any atom is -0.491 e. The van der Waals surface area contributed by atoms with Gasteiger partial charge in [0.25, 0.3) is 0 Å². The van der Waals surface area contributed by atoms with Crippen LogP contribution in [0.25, 0.3) is 21.2 Å². The van der Waals surface area contributed by atoms with E-state index in [0.717, 1.165) is 39.0 Å². The summed E-state index contributed by atoms with van der Waals surface area (Å²) in [6.45, 7) is 10.6. The number of carboxylic acids is 1. The van der Waals surface area contributed by atoms with E-state index in [9.17, 15) is 4.79 Å². The lowest BCUT2D eigenvalue weighted by Crippen LogP contribution is -2.07. The number of ether oxygens (including phenoxy) is 3. The molecule has 1 aromatic heterocycles. The molecule has 0 spiro atoms. The second-order valence-corrected chi connectivity index (χ2v) is 9.57. The van der Waals surface area contributed by atoms with Crippen LogP contribution in [0.2, 0.25) is 0 Å². The molecule has 1 heterocycles. The van der Waals surface area contributed by atoms with Gasteiger partial charge >= 0.3 is 5.97 Å². The second-order valence-electron chi connectivity index (χ2n) is 8.66. The van der Waals surface area contributed by atoms with Crippen LogP contribution in [0.5, 0.6) is 5.75 Å². The van der Waals surface area contributed by atoms with Gasteiger partial charge in [-0.15, -0.1) is 17.3 Å². The molecule has 0 aliphatic heterocycles. The quantitative estimate of drug-likeness (QED) is 0.0843. The van der Waals surface area contributed by atoms with Crippen molar-refractivity contribution >= 4 is 34.1 Å². The van der Waals surface area contributed by atoms with Crippen LogP contribution in [0.4, 0.5) is 0 Å². The van der Waals surface area contributed by atoms with Gasteiger partial charge in [-0.3, -0.25) is 4.79 Å². The molecule has 2 aromatic carbocycles. The zero-order valence-corrected chi connectivity index (χ0v) is 23.1. The molecule has 0 saturated heterocycles. The van der Waals surface area contributed by atoms with Gasteiger partial charge in [-0.2, -0.15) is 0 Å². The molecule has 3 aromatic rings. The summed E-state index contributed by atoms with van der Waals surface area (Å²) in [5.41, 5.74) is 5.18. The van der Waals surface area contributed by atoms with Crippen molar-refractivity contribution in [2.24, 2.45) is 10.9 Å². The molecule has 0 fully saturated rings. The topological polar surface area (TPSA) is 77.4 Å². The fourth-order valence-corrected chi connectivity index (χ4v) is 4.91. The third kappa shape index (κ3) is 7.58. The number of hydrogen-bond donors (Lipinski definition) is 1. The van der Waals surface area contributed by atoms with E-state index >= 15 is 0 Å². The lowest BCUT2D eigenvalue weighted by Gasteiger charge is -2.13. The fraction of sp³-hybridized carbons (Fsp3) is 0.290. The molecule has 0 saturated carbocycles. The molecule has 1 atom stereocenters. The van der Waals surface area contributed by atoms with Crippen LogP contribution in [0.1, 0.15) is 31.4 Å². The van der Waals surface area contributed by atoms with Gasteiger partial charge in [0.15, 0.2) is 0 Å². The SMILES string of the molecule is C=N/C(=C\C=C(/C)[C@@H](C#CC)CC(=O)O)OCc1ccc2scc(-c3cccc(OCCOC)c3C)c2c1. The molecule has 38 heavy (non-hydrogen) atoms. The molecule has 0 aliphatic carbocycles. The molecule has 3 rings (SSSR count). The number of carboxylic acid groups (broad SMARTS) is 1. The number of aliphatic imine (C=N–C) groups is 1. The zero-order valence-electron chi connectivity index (χ0n) is 22.2. The summed E-state index contributed by atoms with van der Waals surface area (Å²) in [5.74, 6) is 5.68. The van der Waals surface area contributed by atoms with E-state index in [4.69, 9.17) is 19.3 Å². The molecule has 0 unspecified atom stereocenters. The maximum Gasteiger partial charge on any atom is 0.304 e. The summed E-state index contributed by atoms with van der Waals surface area (Å²) in [6, 6.07) is 12.4. The summed E-state index contributed by atoms with van der Waals surface area (Å²) >= 11 is 1.70. The third-order valence-corrected chi connectivity index (χ3v) is 7.00. The lowest BCUT2D eigenvalue weighted by atomic mass is 9.97. The Labute approximate surface area is 228 Å². The second kappa shape index (κ2) is 14.2. The van der Waals surface area contributed by atoms with Crippen LogP contribution in [-0.4, -0.2) is 38.1 Å². The largest absolute Gasteiger partial charge is 0.491 e. The Morgan fingerprint density at radius 3 is 2.74 bits per heavy atom. The van der Waals surface area contributed by atoms with Gasteiger partial charge in [0, 0.05) is 28.8 Å². The molecule has 1 N–H and O–H groups in total. The Morgan fingerprint density at radius 2 is 2.03 bits per heavy atom. The van der Waals surface area contributed by atoms with Crippen molar-refractivity contribution in [2.75, 3.05) is 20.3 Å². The summed E-state index contributed by atoms with van der Waals surface area (Å²) in [5, 5.41) is 12.5. The van der Waals surface area contributed by atoms with Gasteiger partial charge in [0.05, 0.1) is 18.9 Å². The van der Waals surface area contributed by atoms with Gasteiger partial charge in [-0.05, 0) is 67.8 Å². The molecule has 0 radical (unpaired) electrons. The van der Waals surface area contributed by atoms with Crippen LogP contribution in [-0.2, 0) is 20.9 Å². The molecule has 198 valence electrons. The summed E-state index contributed by atoms with van der Waals surface area (Å²) in [7, 11) is 1.66. The number of fused-ring (bicyclic) bond motifs is 1. The molecule has 7 heteroatoms. The predicted molar refractivity (Wildman–Crippen MR) is 155 cm³/mol. The highest BCUT2D eigenvalue weighted by Crippen LogP contribution is 2.38. The zero-order chi connectivity index (χ0) is 27.5. The number of thiophene rings is 1. The number of hydrogen-bond acceptors (Lipinski definition) is 6. The Kier molecular flexibility index (Phi) is 10.7. The first kappa shape index (κ1) is 28.7. The standard InChI is InChI=1S/C31H33NO5S/c1-6-8-24(18-31(33)34)21(2)11-14-30(32-4)37-19-23-12-13-29-26(17-23)27(20-38-29)25-9-7-10-28(22(25)3)36-16-15-35-5/h7,9-14,17,20,24H,4,15-16,18-19H2,1-3,5H3,(H,33,34)/b21-11+,30-14+/t24-/m0/s1. The molecular weight excluding hydrogens is 498 g/mol. The Bertz CT molecular complexity index is 1410. The Balaban J connectivity index is 1.80. The predicted octanol–water partition coefficient (Wildman–Crippen LogP) is 7.02. The first-order chi connectivity index (χ1) is 18.4. The van der Waals surface area contributed by atoms with Crippen molar-refractivity contribution in [3.8, 4) is 28.7 Å². The van der Waals surface area contributed by atoms with Crippen LogP contribution in [0.15, 0.2) is 70.4 Å². The summed E-state index contributed by atoms with van der Waals surface area (Å²) < 4.78 is 18.1. The van der Waals surface area contributed by atoms with E-state index < -0.39 is 5.97 Å². The number of methoxy groups -OCH3 is 1. The van der Waals surface area contributed by atoms with E-state index in [1.807, 2.05) is 25.1 Å². The Morgan fingerprint density at radius 1 is 1.21 bits per heavy atom. The van der Waals surface area contributed by atoms with E-state index in [-0.39, 0.29) is 12.3 Å². The fourth-order valence-electron chi connectivity index (χ4n) is 3.97. The van der Waals surface area contributed by atoms with Gasteiger partial charge in [0.1, 0.15) is 19.0 Å². The molecular formula is C31H33NO5S. The molecule has 0 bridgehead atoms. The van der Waals surface area contributed by atoms with E-state index in [1.165, 1.54) is 4.70 Å². The van der Waals surface area contributed by atoms with E-state index in [2.05, 4.69) is 54.1 Å². The van der Waals surface area contributed by atoms with Gasteiger partial charge in [0.2, 0.25) is 5.88 Å². The van der Waals surface area contributed by atoms with Crippen molar-refractivity contribution in [1.82, 2.24) is 0 Å². The average molecular weight is 532 g/mol. The number of allylic oxidation sites excluding steroid dienone is 3. The normalized spacial score (nSPS) is 12.5. The van der Waals surface area contributed by atoms with E-state index in [0.29, 0.717) is 25.7 Å². The van der Waals surface area contributed by atoms with Crippen LogP contribution >= 0.6 is 11.3 Å². The van der Waals surface area contributed by atoms with Crippen molar-refractivity contribution in [2.45, 2.75) is 33.8 Å². The van der Waals surface area contributed by atoms with Crippen LogP contribution < -0.4 is 4.74 Å². The van der Waals surface area contributed by atoms with Crippen molar-refractivity contribution in [3.63, 3.8) is 0 Å². The number of carbonyl (C=O) groups is 1. The molecule has 6 nitrogen and oxygen atoms in total. The van der Waals surface area contributed by atoms with E-state index in [1.54, 1.807) is 37.5 Å². The molecule has 0 amide bonds. The maximum atomic E-state index is 11.1. The first-order valence-electron chi connectivity index (χ1n) is 12.2. The minimum atomic E-state index is -0.892. The maximum absolute atomic E-state index is 11.1. The highest BCUT2D eigenvalue weighted by molar-refractivity contribution is 7.17. The lowest BCUT2D eigenvalue weighted by molar-refractivity contribution is -0.137.